The second-order valence-corrected chi connectivity index (χ2v) is 5.87. The third-order valence-electron chi connectivity index (χ3n) is 3.34. The molecule has 0 aliphatic heterocycles. The maximum absolute atomic E-state index is 13.7. The lowest BCUT2D eigenvalue weighted by Gasteiger charge is -2.01. The first kappa shape index (κ1) is 16.2. The van der Waals surface area contributed by atoms with Gasteiger partial charge in [0.1, 0.15) is 5.82 Å². The monoisotopic (exact) mass is 343 g/mol. The smallest absolute Gasteiger partial charge is 0.337 e. The zero-order valence-corrected chi connectivity index (χ0v) is 13.6. The fourth-order valence-electron chi connectivity index (χ4n) is 2.09. The molecule has 5 nitrogen and oxygen atoms in total. The number of aromatic amines is 1. The van der Waals surface area contributed by atoms with Gasteiger partial charge < -0.3 is 4.74 Å². The van der Waals surface area contributed by atoms with Crippen LogP contribution >= 0.6 is 11.8 Å². The number of rotatable bonds is 5. The van der Waals surface area contributed by atoms with E-state index in [2.05, 4.69) is 19.9 Å². The maximum atomic E-state index is 13.7. The van der Waals surface area contributed by atoms with Crippen molar-refractivity contribution in [3.05, 3.63) is 65.5 Å². The Labute approximate surface area is 142 Å². The Morgan fingerprint density at radius 3 is 2.67 bits per heavy atom. The topological polar surface area (TPSA) is 67.9 Å². The van der Waals surface area contributed by atoms with Crippen molar-refractivity contribution in [3.8, 4) is 11.4 Å². The average Bonchev–Trinajstić information content (AvgIpc) is 3.09. The van der Waals surface area contributed by atoms with Crippen molar-refractivity contribution in [3.63, 3.8) is 0 Å². The Balaban J connectivity index is 1.65. The number of H-pyrrole nitrogens is 1. The number of carbonyl (C=O) groups is 1. The van der Waals surface area contributed by atoms with E-state index < -0.39 is 0 Å². The highest BCUT2D eigenvalue weighted by Gasteiger charge is 2.10. The normalized spacial score (nSPS) is 10.6. The van der Waals surface area contributed by atoms with Gasteiger partial charge in [0.15, 0.2) is 5.82 Å². The summed E-state index contributed by atoms with van der Waals surface area (Å²) >= 11 is 1.42. The molecule has 1 N–H and O–H groups in total. The number of carbonyl (C=O) groups excluding carboxylic acids is 1. The zero-order valence-electron chi connectivity index (χ0n) is 12.8. The molecule has 3 aromatic rings. The molecule has 0 fully saturated rings. The quantitative estimate of drug-likeness (QED) is 0.565. The van der Waals surface area contributed by atoms with Gasteiger partial charge in [0.25, 0.3) is 0 Å². The Morgan fingerprint density at radius 2 is 1.96 bits per heavy atom. The molecule has 0 spiro atoms. The van der Waals surface area contributed by atoms with E-state index in [4.69, 9.17) is 0 Å². The number of methoxy groups -OCH3 is 1. The van der Waals surface area contributed by atoms with Gasteiger partial charge in [0, 0.05) is 5.75 Å². The number of ether oxygens (including phenoxy) is 1. The first-order valence-corrected chi connectivity index (χ1v) is 8.13. The van der Waals surface area contributed by atoms with Crippen molar-refractivity contribution >= 4 is 17.7 Å². The standard InChI is InChI=1S/C17H14FN3O2S/c1-23-16(22)12-8-6-11(7-9-12)10-24-17-19-15(20-21-17)13-4-2-3-5-14(13)18/h2-9H,10H2,1H3,(H,19,20,21). The molecule has 1 heterocycles. The van der Waals surface area contributed by atoms with E-state index in [0.29, 0.717) is 27.9 Å². The van der Waals surface area contributed by atoms with Gasteiger partial charge in [-0.05, 0) is 29.8 Å². The Hall–Kier alpha value is -2.67. The second kappa shape index (κ2) is 7.27. The molecule has 24 heavy (non-hydrogen) atoms. The zero-order chi connectivity index (χ0) is 16.9. The molecule has 0 saturated carbocycles. The van der Waals surface area contributed by atoms with E-state index in [1.807, 2.05) is 12.1 Å². The second-order valence-electron chi connectivity index (χ2n) is 4.92. The van der Waals surface area contributed by atoms with Gasteiger partial charge in [-0.3, -0.25) is 5.10 Å². The van der Waals surface area contributed by atoms with E-state index in [1.165, 1.54) is 24.9 Å². The minimum absolute atomic E-state index is 0.344. The van der Waals surface area contributed by atoms with Crippen LogP contribution in [-0.2, 0) is 10.5 Å². The van der Waals surface area contributed by atoms with Gasteiger partial charge in [-0.2, -0.15) is 0 Å². The van der Waals surface area contributed by atoms with Gasteiger partial charge in [-0.15, -0.1) is 5.10 Å². The number of nitrogens with zero attached hydrogens (tertiary/aromatic N) is 2. The number of nitrogens with one attached hydrogen (secondary N) is 1. The molecule has 122 valence electrons. The molecular weight excluding hydrogens is 329 g/mol. The maximum Gasteiger partial charge on any atom is 0.337 e. The average molecular weight is 343 g/mol. The molecule has 7 heteroatoms. The van der Waals surface area contributed by atoms with Crippen molar-refractivity contribution < 1.29 is 13.9 Å². The predicted molar refractivity (Wildman–Crippen MR) is 89.1 cm³/mol. The van der Waals surface area contributed by atoms with Gasteiger partial charge in [-0.25, -0.2) is 14.2 Å². The molecule has 3 rings (SSSR count). The minimum atomic E-state index is -0.363. The van der Waals surface area contributed by atoms with E-state index in [-0.39, 0.29) is 11.8 Å². The number of hydrogen-bond acceptors (Lipinski definition) is 5. The van der Waals surface area contributed by atoms with Gasteiger partial charge >= 0.3 is 5.97 Å². The highest BCUT2D eigenvalue weighted by molar-refractivity contribution is 7.98. The fraction of sp³-hybridized carbons (Fsp3) is 0.118. The number of hydrogen-bond donors (Lipinski definition) is 1. The highest BCUT2D eigenvalue weighted by atomic mass is 32.2. The molecular formula is C17H14FN3O2S. The molecule has 0 bridgehead atoms. The van der Waals surface area contributed by atoms with Crippen LogP contribution in [0.2, 0.25) is 0 Å². The first-order chi connectivity index (χ1) is 11.7. The van der Waals surface area contributed by atoms with Crippen molar-refractivity contribution in [2.45, 2.75) is 10.9 Å². The molecule has 0 atom stereocenters. The highest BCUT2D eigenvalue weighted by Crippen LogP contribution is 2.24. The number of thioether (sulfide) groups is 1. The molecule has 0 amide bonds. The van der Waals surface area contributed by atoms with E-state index in [1.54, 1.807) is 30.3 Å². The lowest BCUT2D eigenvalue weighted by Crippen LogP contribution is -2.00. The fourth-order valence-corrected chi connectivity index (χ4v) is 2.84. The number of esters is 1. The largest absolute Gasteiger partial charge is 0.465 e. The number of aromatic nitrogens is 3. The van der Waals surface area contributed by atoms with Crippen molar-refractivity contribution in [1.82, 2.24) is 15.2 Å². The van der Waals surface area contributed by atoms with E-state index >= 15 is 0 Å². The van der Waals surface area contributed by atoms with Crippen LogP contribution in [0.15, 0.2) is 53.7 Å². The van der Waals surface area contributed by atoms with E-state index in [9.17, 15) is 9.18 Å². The molecule has 0 aliphatic carbocycles. The van der Waals surface area contributed by atoms with Crippen LogP contribution in [0.1, 0.15) is 15.9 Å². The molecule has 0 aliphatic rings. The molecule has 2 aromatic carbocycles. The Morgan fingerprint density at radius 1 is 1.21 bits per heavy atom. The van der Waals surface area contributed by atoms with Crippen LogP contribution in [-0.4, -0.2) is 28.3 Å². The summed E-state index contributed by atoms with van der Waals surface area (Å²) in [5, 5.41) is 7.37. The molecule has 0 saturated heterocycles. The number of benzene rings is 2. The Bertz CT molecular complexity index is 849. The van der Waals surface area contributed by atoms with Crippen LogP contribution in [0.4, 0.5) is 4.39 Å². The summed E-state index contributed by atoms with van der Waals surface area (Å²) < 4.78 is 18.4. The van der Waals surface area contributed by atoms with Gasteiger partial charge in [-0.1, -0.05) is 36.0 Å². The third kappa shape index (κ3) is 3.62. The summed E-state index contributed by atoms with van der Waals surface area (Å²) in [4.78, 5) is 15.7. The molecule has 0 unspecified atom stereocenters. The summed E-state index contributed by atoms with van der Waals surface area (Å²) in [6.07, 6.45) is 0. The predicted octanol–water partition coefficient (Wildman–Crippen LogP) is 3.69. The van der Waals surface area contributed by atoms with E-state index in [0.717, 1.165) is 5.56 Å². The summed E-state index contributed by atoms with van der Waals surface area (Å²) in [5.74, 6) is 0.327. The molecule has 0 radical (unpaired) electrons. The van der Waals surface area contributed by atoms with Gasteiger partial charge in [0.05, 0.1) is 18.2 Å². The van der Waals surface area contributed by atoms with Crippen molar-refractivity contribution in [2.24, 2.45) is 0 Å². The number of halogens is 1. The van der Waals surface area contributed by atoms with Crippen LogP contribution in [0, 0.1) is 5.82 Å². The van der Waals surface area contributed by atoms with Gasteiger partial charge in [0.2, 0.25) is 5.16 Å². The van der Waals surface area contributed by atoms with Crippen LogP contribution < -0.4 is 0 Å². The molecule has 1 aromatic heterocycles. The van der Waals surface area contributed by atoms with Crippen molar-refractivity contribution in [1.29, 1.82) is 0 Å². The summed E-state index contributed by atoms with van der Waals surface area (Å²) in [6.45, 7) is 0. The van der Waals surface area contributed by atoms with Crippen LogP contribution in [0.3, 0.4) is 0 Å². The first-order valence-electron chi connectivity index (χ1n) is 7.14. The van der Waals surface area contributed by atoms with Crippen molar-refractivity contribution in [2.75, 3.05) is 7.11 Å². The van der Waals surface area contributed by atoms with Crippen LogP contribution in [0.25, 0.3) is 11.4 Å². The van der Waals surface area contributed by atoms with Crippen LogP contribution in [0.5, 0.6) is 0 Å². The lowest BCUT2D eigenvalue weighted by atomic mass is 10.1. The lowest BCUT2D eigenvalue weighted by molar-refractivity contribution is 0.0600. The third-order valence-corrected chi connectivity index (χ3v) is 4.26. The minimum Gasteiger partial charge on any atom is -0.465 e. The summed E-state index contributed by atoms with van der Waals surface area (Å²) in [7, 11) is 1.35. The summed E-state index contributed by atoms with van der Waals surface area (Å²) in [5.41, 5.74) is 1.91. The summed E-state index contributed by atoms with van der Waals surface area (Å²) in [6, 6.07) is 13.5. The SMILES string of the molecule is COC(=O)c1ccc(CSc2n[nH]c(-c3ccccc3F)n2)cc1. The Kier molecular flexibility index (Phi) is 4.90.